The van der Waals surface area contributed by atoms with E-state index in [1.807, 2.05) is 12.1 Å². The number of rotatable bonds is 7. The number of nitrogens with zero attached hydrogens (tertiary/aromatic N) is 2. The number of aromatic nitrogens is 2. The minimum Gasteiger partial charge on any atom is -0.368 e. The van der Waals surface area contributed by atoms with Crippen LogP contribution in [0.1, 0.15) is 41.9 Å². The van der Waals surface area contributed by atoms with E-state index in [0.717, 1.165) is 64.9 Å². The SMILES string of the molecule is CCc1nc(-c2c(C)ccc(Cl)c2C)c(CC)nc1NCCc1ccccc1. The first-order chi connectivity index (χ1) is 13.5. The molecule has 0 bridgehead atoms. The van der Waals surface area contributed by atoms with Crippen LogP contribution in [0.4, 0.5) is 5.82 Å². The Kier molecular flexibility index (Phi) is 6.69. The number of nitrogens with one attached hydrogen (secondary N) is 1. The summed E-state index contributed by atoms with van der Waals surface area (Å²) < 4.78 is 0. The van der Waals surface area contributed by atoms with Crippen LogP contribution in [0.2, 0.25) is 5.02 Å². The molecule has 0 fully saturated rings. The summed E-state index contributed by atoms with van der Waals surface area (Å²) in [4.78, 5) is 10.0. The molecule has 0 unspecified atom stereocenters. The largest absolute Gasteiger partial charge is 0.368 e. The highest BCUT2D eigenvalue weighted by atomic mass is 35.5. The summed E-state index contributed by atoms with van der Waals surface area (Å²) in [5.74, 6) is 0.899. The number of halogens is 1. The Morgan fingerprint density at radius 1 is 0.893 bits per heavy atom. The first-order valence-electron chi connectivity index (χ1n) is 9.98. The van der Waals surface area contributed by atoms with Gasteiger partial charge in [-0.2, -0.15) is 0 Å². The highest BCUT2D eigenvalue weighted by molar-refractivity contribution is 6.31. The number of anilines is 1. The Hall–Kier alpha value is -2.39. The van der Waals surface area contributed by atoms with Gasteiger partial charge in [-0.3, -0.25) is 0 Å². The zero-order valence-electron chi connectivity index (χ0n) is 17.1. The number of hydrogen-bond donors (Lipinski definition) is 1. The standard InChI is InChI=1S/C24H28ClN3/c1-5-20-23(22-16(3)12-13-19(25)17(22)4)27-21(6-2)24(28-20)26-15-14-18-10-8-7-9-11-18/h7-13H,5-6,14-15H2,1-4H3,(H,26,28). The van der Waals surface area contributed by atoms with Crippen molar-refractivity contribution in [2.75, 3.05) is 11.9 Å². The summed E-state index contributed by atoms with van der Waals surface area (Å²) in [6.45, 7) is 9.26. The van der Waals surface area contributed by atoms with Gasteiger partial charge in [-0.1, -0.05) is 61.8 Å². The second-order valence-corrected chi connectivity index (χ2v) is 7.46. The molecule has 3 aromatic rings. The molecule has 0 saturated heterocycles. The van der Waals surface area contributed by atoms with Gasteiger partial charge in [-0.15, -0.1) is 0 Å². The second-order valence-electron chi connectivity index (χ2n) is 7.05. The summed E-state index contributed by atoms with van der Waals surface area (Å²) in [6.07, 6.45) is 2.61. The Morgan fingerprint density at radius 3 is 2.29 bits per heavy atom. The van der Waals surface area contributed by atoms with Gasteiger partial charge in [0.25, 0.3) is 0 Å². The predicted molar refractivity (Wildman–Crippen MR) is 119 cm³/mol. The molecule has 0 amide bonds. The molecular weight excluding hydrogens is 366 g/mol. The Morgan fingerprint density at radius 2 is 1.61 bits per heavy atom. The van der Waals surface area contributed by atoms with E-state index in [1.165, 1.54) is 11.1 Å². The van der Waals surface area contributed by atoms with Gasteiger partial charge in [0.15, 0.2) is 0 Å². The fraction of sp³-hybridized carbons (Fsp3) is 0.333. The molecule has 146 valence electrons. The van der Waals surface area contributed by atoms with Crippen molar-refractivity contribution in [1.29, 1.82) is 0 Å². The van der Waals surface area contributed by atoms with Crippen LogP contribution in [-0.4, -0.2) is 16.5 Å². The zero-order valence-corrected chi connectivity index (χ0v) is 17.9. The van der Waals surface area contributed by atoms with E-state index in [4.69, 9.17) is 21.6 Å². The molecule has 1 N–H and O–H groups in total. The fourth-order valence-electron chi connectivity index (χ4n) is 3.50. The molecule has 0 atom stereocenters. The van der Waals surface area contributed by atoms with Crippen LogP contribution >= 0.6 is 11.6 Å². The van der Waals surface area contributed by atoms with E-state index in [9.17, 15) is 0 Å². The molecule has 0 aliphatic heterocycles. The molecule has 0 spiro atoms. The van der Waals surface area contributed by atoms with Gasteiger partial charge in [-0.25, -0.2) is 9.97 Å². The van der Waals surface area contributed by atoms with Crippen molar-refractivity contribution in [3.8, 4) is 11.3 Å². The normalized spacial score (nSPS) is 10.9. The van der Waals surface area contributed by atoms with Crippen molar-refractivity contribution in [3.63, 3.8) is 0 Å². The van der Waals surface area contributed by atoms with Crippen molar-refractivity contribution in [1.82, 2.24) is 9.97 Å². The van der Waals surface area contributed by atoms with Crippen molar-refractivity contribution < 1.29 is 0 Å². The zero-order chi connectivity index (χ0) is 20.1. The highest BCUT2D eigenvalue weighted by Crippen LogP contribution is 2.33. The van der Waals surface area contributed by atoms with Crippen LogP contribution < -0.4 is 5.32 Å². The molecule has 2 aromatic carbocycles. The van der Waals surface area contributed by atoms with Crippen LogP contribution in [0, 0.1) is 13.8 Å². The van der Waals surface area contributed by atoms with Crippen molar-refractivity contribution in [2.45, 2.75) is 47.0 Å². The third kappa shape index (κ3) is 4.36. The molecule has 28 heavy (non-hydrogen) atoms. The van der Waals surface area contributed by atoms with Crippen molar-refractivity contribution in [2.24, 2.45) is 0 Å². The van der Waals surface area contributed by atoms with E-state index in [2.05, 4.69) is 63.3 Å². The third-order valence-corrected chi connectivity index (χ3v) is 5.51. The maximum atomic E-state index is 6.40. The summed E-state index contributed by atoms with van der Waals surface area (Å²) in [5, 5.41) is 4.28. The van der Waals surface area contributed by atoms with Gasteiger partial charge in [-0.05, 0) is 55.9 Å². The highest BCUT2D eigenvalue weighted by Gasteiger charge is 2.17. The minimum absolute atomic E-state index is 0.771. The second kappa shape index (κ2) is 9.20. The number of aryl methyl sites for hydroxylation is 3. The third-order valence-electron chi connectivity index (χ3n) is 5.10. The number of benzene rings is 2. The summed E-state index contributed by atoms with van der Waals surface area (Å²) in [7, 11) is 0. The van der Waals surface area contributed by atoms with Gasteiger partial charge in [0.05, 0.1) is 17.1 Å². The molecule has 0 radical (unpaired) electrons. The van der Waals surface area contributed by atoms with Crippen LogP contribution in [0.3, 0.4) is 0 Å². The predicted octanol–water partition coefficient (Wildman–Crippen LogP) is 6.19. The molecule has 0 aliphatic rings. The maximum Gasteiger partial charge on any atom is 0.148 e. The van der Waals surface area contributed by atoms with Gasteiger partial charge < -0.3 is 5.32 Å². The van der Waals surface area contributed by atoms with Gasteiger partial charge in [0, 0.05) is 17.1 Å². The quantitative estimate of drug-likeness (QED) is 0.519. The Bertz CT molecular complexity index is 952. The van der Waals surface area contributed by atoms with Crippen molar-refractivity contribution >= 4 is 17.4 Å². The minimum atomic E-state index is 0.771. The maximum absolute atomic E-state index is 6.40. The first kappa shape index (κ1) is 20.3. The van der Waals surface area contributed by atoms with E-state index in [1.54, 1.807) is 0 Å². The van der Waals surface area contributed by atoms with Crippen LogP contribution in [0.25, 0.3) is 11.3 Å². The first-order valence-corrected chi connectivity index (χ1v) is 10.4. The molecule has 3 nitrogen and oxygen atoms in total. The summed E-state index contributed by atoms with van der Waals surface area (Å²) >= 11 is 6.40. The number of hydrogen-bond acceptors (Lipinski definition) is 3. The van der Waals surface area contributed by atoms with E-state index in [-0.39, 0.29) is 0 Å². The smallest absolute Gasteiger partial charge is 0.148 e. The molecule has 4 heteroatoms. The molecule has 1 aromatic heterocycles. The average molecular weight is 394 g/mol. The molecule has 0 saturated carbocycles. The lowest BCUT2D eigenvalue weighted by Gasteiger charge is -2.17. The molecular formula is C24H28ClN3. The van der Waals surface area contributed by atoms with Crippen LogP contribution in [0.15, 0.2) is 42.5 Å². The van der Waals surface area contributed by atoms with E-state index in [0.29, 0.717) is 0 Å². The Labute approximate surface area is 173 Å². The monoisotopic (exact) mass is 393 g/mol. The molecule has 0 aliphatic carbocycles. The lowest BCUT2D eigenvalue weighted by Crippen LogP contribution is -2.12. The summed E-state index contributed by atoms with van der Waals surface area (Å²) in [6, 6.07) is 14.5. The van der Waals surface area contributed by atoms with Crippen LogP contribution in [0.5, 0.6) is 0 Å². The fourth-order valence-corrected chi connectivity index (χ4v) is 3.65. The molecule has 1 heterocycles. The van der Waals surface area contributed by atoms with Gasteiger partial charge >= 0.3 is 0 Å². The lowest BCUT2D eigenvalue weighted by atomic mass is 9.97. The average Bonchev–Trinajstić information content (AvgIpc) is 2.72. The van der Waals surface area contributed by atoms with Gasteiger partial charge in [0.2, 0.25) is 0 Å². The van der Waals surface area contributed by atoms with Crippen molar-refractivity contribution in [3.05, 3.63) is 75.6 Å². The van der Waals surface area contributed by atoms with Gasteiger partial charge in [0.1, 0.15) is 5.82 Å². The van der Waals surface area contributed by atoms with Crippen LogP contribution in [-0.2, 0) is 19.3 Å². The Balaban J connectivity index is 1.93. The van der Waals surface area contributed by atoms with E-state index < -0.39 is 0 Å². The topological polar surface area (TPSA) is 37.8 Å². The lowest BCUT2D eigenvalue weighted by molar-refractivity contribution is 0.919. The molecule has 3 rings (SSSR count). The van der Waals surface area contributed by atoms with E-state index >= 15 is 0 Å². The summed E-state index contributed by atoms with van der Waals surface area (Å²) in [5.41, 5.74) is 7.65.